The van der Waals surface area contributed by atoms with Crippen molar-refractivity contribution < 1.29 is 20.2 Å². The van der Waals surface area contributed by atoms with E-state index < -0.39 is 0 Å². The van der Waals surface area contributed by atoms with Crippen molar-refractivity contribution in [1.82, 2.24) is 5.32 Å². The summed E-state index contributed by atoms with van der Waals surface area (Å²) in [5.74, 6) is 0. The molecule has 0 aromatic heterocycles. The molecule has 1 N–H and O–H groups in total. The van der Waals surface area contributed by atoms with E-state index in [2.05, 4.69) is 53.2 Å². The summed E-state index contributed by atoms with van der Waals surface area (Å²) in [5, 5.41) is 3.16. The first-order valence-corrected chi connectivity index (χ1v) is 6.64. The maximum absolute atomic E-state index is 7.50. The van der Waals surface area contributed by atoms with E-state index in [0.717, 1.165) is 16.6 Å². The number of hydrogen-bond acceptors (Lipinski definition) is 1. The second-order valence-corrected chi connectivity index (χ2v) is 4.40. The Kier molecular flexibility index (Phi) is 11.4. The molecule has 0 aliphatic rings. The molecule has 0 aliphatic carbocycles. The monoisotopic (exact) mass is 307 g/mol. The maximum atomic E-state index is 7.50. The van der Waals surface area contributed by atoms with Crippen molar-refractivity contribution in [3.63, 3.8) is 0 Å². The fraction of sp³-hybridized carbons (Fsp3) is 0.118. The summed E-state index contributed by atoms with van der Waals surface area (Å²) < 4.78 is 8.50. The summed E-state index contributed by atoms with van der Waals surface area (Å²) >= 11 is 3.44. The van der Waals surface area contributed by atoms with E-state index in [1.807, 2.05) is 48.5 Å². The molecular formula is C17H18MnNO-. The van der Waals surface area contributed by atoms with Crippen molar-refractivity contribution >= 4 is 4.54 Å². The van der Waals surface area contributed by atoms with Gasteiger partial charge in [0.1, 0.15) is 0 Å². The Hall–Kier alpha value is -1.60. The number of nitrogens with one attached hydrogen (secondary N) is 1. The molecule has 0 atom stereocenters. The zero-order valence-electron chi connectivity index (χ0n) is 11.5. The molecule has 0 saturated heterocycles. The molecule has 0 radical (unpaired) electrons. The van der Waals surface area contributed by atoms with Gasteiger partial charge in [-0.15, -0.1) is 0 Å². The Morgan fingerprint density at radius 2 is 1.95 bits per heavy atom. The van der Waals surface area contributed by atoms with Crippen molar-refractivity contribution in [2.75, 3.05) is 6.54 Å². The molecule has 2 rings (SSSR count). The van der Waals surface area contributed by atoms with Crippen LogP contribution >= 0.6 is 0 Å². The second-order valence-electron chi connectivity index (χ2n) is 3.81. The number of rotatable bonds is 4. The molecule has 2 aromatic rings. The van der Waals surface area contributed by atoms with Gasteiger partial charge in [-0.2, -0.15) is 17.7 Å². The Morgan fingerprint density at radius 1 is 1.30 bits per heavy atom. The van der Waals surface area contributed by atoms with Crippen molar-refractivity contribution in [2.24, 2.45) is 0 Å². The van der Waals surface area contributed by atoms with Crippen molar-refractivity contribution in [1.29, 1.82) is 0 Å². The zero-order chi connectivity index (χ0) is 15.2. The van der Waals surface area contributed by atoms with Crippen LogP contribution in [0.4, 0.5) is 0 Å². The topological polar surface area (TPSA) is 31.9 Å². The third kappa shape index (κ3) is 8.49. The molecule has 2 aromatic carbocycles. The zero-order valence-corrected chi connectivity index (χ0v) is 12.7. The van der Waals surface area contributed by atoms with E-state index in [9.17, 15) is 0 Å². The standard InChI is InChI=1S/C10H11N.C6H7.CO.Mn/c1-2-8-11-9-10-6-4-3-5-7-10;1-6-4-2-3-5-6;1-2;/h2-7,11H,1,8H2;2-5H,1H3;;/q;-1;;. The van der Waals surface area contributed by atoms with E-state index in [1.54, 1.807) is 0 Å². The fourth-order valence-electron chi connectivity index (χ4n) is 1.32. The first kappa shape index (κ1) is 18.4. The molecule has 0 fully saturated rings. The van der Waals surface area contributed by atoms with Crippen molar-refractivity contribution in [3.05, 3.63) is 85.0 Å². The molecule has 0 spiro atoms. The SMILES string of the molecule is C=CCN[C](=[Mn])c1ccccc1.Cc1ccc[cH-]1.[C-]#[O+]. The van der Waals surface area contributed by atoms with E-state index in [1.165, 1.54) is 5.56 Å². The van der Waals surface area contributed by atoms with E-state index in [0.29, 0.717) is 0 Å². The van der Waals surface area contributed by atoms with Crippen LogP contribution < -0.4 is 5.32 Å². The van der Waals surface area contributed by atoms with Crippen LogP contribution in [0.1, 0.15) is 11.1 Å². The third-order valence-corrected chi connectivity index (χ3v) is 2.81. The first-order valence-electron chi connectivity index (χ1n) is 6.05. The van der Waals surface area contributed by atoms with Crippen molar-refractivity contribution in [2.45, 2.75) is 6.92 Å². The molecule has 0 aliphatic heterocycles. The Balaban J connectivity index is 0.000000377. The van der Waals surface area contributed by atoms with Crippen LogP contribution in [0.15, 0.2) is 67.3 Å². The van der Waals surface area contributed by atoms with Gasteiger partial charge in [-0.25, -0.2) is 12.1 Å². The van der Waals surface area contributed by atoms with E-state index in [4.69, 9.17) is 4.65 Å². The Labute approximate surface area is 129 Å². The number of benzene rings is 1. The van der Waals surface area contributed by atoms with Gasteiger partial charge in [0, 0.05) is 0 Å². The number of aryl methyl sites for hydroxylation is 1. The van der Waals surface area contributed by atoms with Crippen LogP contribution in [0, 0.1) is 13.6 Å². The predicted octanol–water partition coefficient (Wildman–Crippen LogP) is 3.16. The van der Waals surface area contributed by atoms with Gasteiger partial charge in [0.05, 0.1) is 0 Å². The minimum atomic E-state index is 0.773. The summed E-state index contributed by atoms with van der Waals surface area (Å²) in [5.41, 5.74) is 2.49. The molecule has 105 valence electrons. The van der Waals surface area contributed by atoms with E-state index in [-0.39, 0.29) is 0 Å². The average Bonchev–Trinajstić information content (AvgIpc) is 2.99. The van der Waals surface area contributed by atoms with Crippen molar-refractivity contribution in [3.8, 4) is 0 Å². The molecular weight excluding hydrogens is 289 g/mol. The molecule has 0 amide bonds. The van der Waals surface area contributed by atoms with Gasteiger partial charge in [-0.05, 0) is 0 Å². The molecule has 0 bridgehead atoms. The quantitative estimate of drug-likeness (QED) is 0.400. The predicted molar refractivity (Wildman–Crippen MR) is 79.5 cm³/mol. The third-order valence-electron chi connectivity index (χ3n) is 2.26. The summed E-state index contributed by atoms with van der Waals surface area (Å²) in [6.45, 7) is 11.0. The average molecular weight is 307 g/mol. The van der Waals surface area contributed by atoms with Crippen LogP contribution in [0.25, 0.3) is 0 Å². The summed E-state index contributed by atoms with van der Waals surface area (Å²) in [4.78, 5) is 0. The van der Waals surface area contributed by atoms with Crippen LogP contribution in [0.3, 0.4) is 0 Å². The van der Waals surface area contributed by atoms with Crippen LogP contribution in [0.5, 0.6) is 0 Å². The van der Waals surface area contributed by atoms with Gasteiger partial charge in [0.25, 0.3) is 0 Å². The van der Waals surface area contributed by atoms with Gasteiger partial charge < -0.3 is 0 Å². The minimum absolute atomic E-state index is 0.773. The van der Waals surface area contributed by atoms with E-state index >= 15 is 0 Å². The Morgan fingerprint density at radius 3 is 2.35 bits per heavy atom. The molecule has 0 saturated carbocycles. The second kappa shape index (κ2) is 12.4. The van der Waals surface area contributed by atoms with Gasteiger partial charge in [0.15, 0.2) is 0 Å². The molecule has 2 nitrogen and oxygen atoms in total. The summed E-state index contributed by atoms with van der Waals surface area (Å²) in [6, 6.07) is 18.3. The van der Waals surface area contributed by atoms with Crippen LogP contribution in [-0.4, -0.2) is 11.1 Å². The van der Waals surface area contributed by atoms with Gasteiger partial charge >= 0.3 is 91.8 Å². The number of hydrogen-bond donors (Lipinski definition) is 1. The first-order chi connectivity index (χ1) is 9.74. The Bertz CT molecular complexity index is 500. The van der Waals surface area contributed by atoms with Crippen LogP contribution in [-0.2, 0) is 20.2 Å². The molecule has 0 unspecified atom stereocenters. The summed E-state index contributed by atoms with van der Waals surface area (Å²) in [6.07, 6.45) is 1.82. The summed E-state index contributed by atoms with van der Waals surface area (Å²) in [7, 11) is 0. The molecule has 3 heteroatoms. The van der Waals surface area contributed by atoms with Gasteiger partial charge in [0.2, 0.25) is 0 Å². The fourth-order valence-corrected chi connectivity index (χ4v) is 1.64. The molecule has 0 heterocycles. The molecule has 20 heavy (non-hydrogen) atoms. The van der Waals surface area contributed by atoms with Crippen LogP contribution in [0.2, 0.25) is 0 Å². The van der Waals surface area contributed by atoms with Gasteiger partial charge in [-0.1, -0.05) is 6.92 Å². The van der Waals surface area contributed by atoms with Gasteiger partial charge in [-0.3, -0.25) is 0 Å². The normalized spacial score (nSPS) is 8.35.